The number of benzene rings is 1. The van der Waals surface area contributed by atoms with Crippen LogP contribution in [0.5, 0.6) is 0 Å². The Morgan fingerprint density at radius 3 is 2.71 bits per heavy atom. The molecule has 1 unspecified atom stereocenters. The van der Waals surface area contributed by atoms with Crippen molar-refractivity contribution in [1.29, 1.82) is 0 Å². The van der Waals surface area contributed by atoms with Gasteiger partial charge >= 0.3 is 0 Å². The molecule has 0 aliphatic carbocycles. The van der Waals surface area contributed by atoms with Gasteiger partial charge in [0.25, 0.3) is 0 Å². The summed E-state index contributed by atoms with van der Waals surface area (Å²) in [4.78, 5) is 2.37. The standard InChI is InChI=1S/C15H25N3O2S/c1-12(2)17-21(19,20)15-9-5-4-8-14(15)18(3)11-13-7-6-10-16-13/h4-5,8-9,12-13,16-17H,6-7,10-11H2,1-3H3. The Morgan fingerprint density at radius 1 is 1.38 bits per heavy atom. The summed E-state index contributed by atoms with van der Waals surface area (Å²) in [5.41, 5.74) is 0.749. The van der Waals surface area contributed by atoms with E-state index in [1.165, 1.54) is 6.42 Å². The third-order valence-corrected chi connectivity index (χ3v) is 5.32. The molecule has 1 saturated heterocycles. The first kappa shape index (κ1) is 16.3. The number of sulfonamides is 1. The van der Waals surface area contributed by atoms with Gasteiger partial charge < -0.3 is 10.2 Å². The zero-order valence-corrected chi connectivity index (χ0v) is 13.8. The summed E-state index contributed by atoms with van der Waals surface area (Å²) in [7, 11) is -1.53. The lowest BCUT2D eigenvalue weighted by molar-refractivity contribution is 0.567. The number of rotatable bonds is 6. The predicted octanol–water partition coefficient (Wildman–Crippen LogP) is 1.56. The monoisotopic (exact) mass is 311 g/mol. The topological polar surface area (TPSA) is 61.4 Å². The molecule has 0 spiro atoms. The second-order valence-electron chi connectivity index (χ2n) is 5.92. The second-order valence-corrected chi connectivity index (χ2v) is 7.60. The van der Waals surface area contributed by atoms with Crippen molar-refractivity contribution in [3.8, 4) is 0 Å². The zero-order valence-electron chi connectivity index (χ0n) is 13.0. The first-order valence-corrected chi connectivity index (χ1v) is 8.94. The summed E-state index contributed by atoms with van der Waals surface area (Å²) >= 11 is 0. The summed E-state index contributed by atoms with van der Waals surface area (Å²) in [6.07, 6.45) is 2.33. The van der Waals surface area contributed by atoms with Gasteiger partial charge in [0.05, 0.1) is 5.69 Å². The highest BCUT2D eigenvalue weighted by molar-refractivity contribution is 7.89. The highest BCUT2D eigenvalue weighted by atomic mass is 32.2. The average Bonchev–Trinajstić information content (AvgIpc) is 2.90. The predicted molar refractivity (Wildman–Crippen MR) is 86.2 cm³/mol. The van der Waals surface area contributed by atoms with Crippen molar-refractivity contribution in [2.75, 3.05) is 25.0 Å². The van der Waals surface area contributed by atoms with Crippen LogP contribution in [0.3, 0.4) is 0 Å². The Balaban J connectivity index is 2.23. The summed E-state index contributed by atoms with van der Waals surface area (Å²) < 4.78 is 27.6. The van der Waals surface area contributed by atoms with Crippen LogP contribution in [0.4, 0.5) is 5.69 Å². The third kappa shape index (κ3) is 4.18. The van der Waals surface area contributed by atoms with Crippen molar-refractivity contribution >= 4 is 15.7 Å². The van der Waals surface area contributed by atoms with Gasteiger partial charge in [-0.3, -0.25) is 0 Å². The molecule has 6 heteroatoms. The van der Waals surface area contributed by atoms with Crippen molar-refractivity contribution in [3.63, 3.8) is 0 Å². The van der Waals surface area contributed by atoms with E-state index in [9.17, 15) is 8.42 Å². The molecule has 0 bridgehead atoms. The second kappa shape index (κ2) is 6.77. The summed E-state index contributed by atoms with van der Waals surface area (Å²) in [5.74, 6) is 0. The van der Waals surface area contributed by atoms with Gasteiger partial charge in [-0.25, -0.2) is 13.1 Å². The van der Waals surface area contributed by atoms with E-state index in [2.05, 4.69) is 10.0 Å². The molecule has 0 aromatic heterocycles. The van der Waals surface area contributed by atoms with Gasteiger partial charge in [0, 0.05) is 25.7 Å². The van der Waals surface area contributed by atoms with E-state index in [1.54, 1.807) is 12.1 Å². The fraction of sp³-hybridized carbons (Fsp3) is 0.600. The highest BCUT2D eigenvalue weighted by Gasteiger charge is 2.23. The number of para-hydroxylation sites is 1. The van der Waals surface area contributed by atoms with Crippen LogP contribution in [0.15, 0.2) is 29.2 Å². The van der Waals surface area contributed by atoms with Crippen molar-refractivity contribution in [2.24, 2.45) is 0 Å². The molecule has 1 aromatic rings. The SMILES string of the molecule is CC(C)NS(=O)(=O)c1ccccc1N(C)CC1CCCN1. The Hall–Kier alpha value is -1.11. The fourth-order valence-corrected chi connectivity index (χ4v) is 4.22. The van der Waals surface area contributed by atoms with Gasteiger partial charge in [0.15, 0.2) is 0 Å². The Kier molecular flexibility index (Phi) is 5.24. The van der Waals surface area contributed by atoms with E-state index < -0.39 is 10.0 Å². The molecule has 0 amide bonds. The normalized spacial score (nSPS) is 19.1. The molecule has 21 heavy (non-hydrogen) atoms. The molecule has 1 atom stereocenters. The Morgan fingerprint density at radius 2 is 2.10 bits per heavy atom. The maximum Gasteiger partial charge on any atom is 0.242 e. The summed E-state index contributed by atoms with van der Waals surface area (Å²) in [6.45, 7) is 5.51. The van der Waals surface area contributed by atoms with Gasteiger partial charge in [0.1, 0.15) is 4.90 Å². The Labute approximate surface area is 127 Å². The number of nitrogens with zero attached hydrogens (tertiary/aromatic N) is 1. The van der Waals surface area contributed by atoms with Crippen molar-refractivity contribution in [3.05, 3.63) is 24.3 Å². The molecule has 0 radical (unpaired) electrons. The first-order chi connectivity index (χ1) is 9.90. The maximum atomic E-state index is 12.5. The van der Waals surface area contributed by atoms with Crippen LogP contribution in [-0.4, -0.2) is 40.6 Å². The van der Waals surface area contributed by atoms with Crippen LogP contribution in [0.2, 0.25) is 0 Å². The van der Waals surface area contributed by atoms with E-state index in [4.69, 9.17) is 0 Å². The molecule has 2 N–H and O–H groups in total. The Bertz CT molecular complexity index is 566. The van der Waals surface area contributed by atoms with Gasteiger partial charge in [-0.15, -0.1) is 0 Å². The smallest absolute Gasteiger partial charge is 0.242 e. The van der Waals surface area contributed by atoms with Crippen LogP contribution in [0.25, 0.3) is 0 Å². The van der Waals surface area contributed by atoms with Crippen LogP contribution in [0, 0.1) is 0 Å². The molecule has 1 fully saturated rings. The van der Waals surface area contributed by atoms with Crippen molar-refractivity contribution in [1.82, 2.24) is 10.0 Å². The average molecular weight is 311 g/mol. The largest absolute Gasteiger partial charge is 0.372 e. The quantitative estimate of drug-likeness (QED) is 0.837. The zero-order chi connectivity index (χ0) is 15.5. The lowest BCUT2D eigenvalue weighted by Crippen LogP contribution is -2.37. The molecular weight excluding hydrogens is 286 g/mol. The number of nitrogens with one attached hydrogen (secondary N) is 2. The van der Waals surface area contributed by atoms with Gasteiger partial charge in [-0.1, -0.05) is 12.1 Å². The molecule has 0 saturated carbocycles. The molecule has 1 aromatic carbocycles. The summed E-state index contributed by atoms with van der Waals surface area (Å²) in [5, 5.41) is 3.44. The minimum Gasteiger partial charge on any atom is -0.372 e. The first-order valence-electron chi connectivity index (χ1n) is 7.46. The van der Waals surface area contributed by atoms with E-state index >= 15 is 0 Å². The van der Waals surface area contributed by atoms with E-state index in [0.29, 0.717) is 10.9 Å². The van der Waals surface area contributed by atoms with E-state index in [0.717, 1.165) is 25.2 Å². The van der Waals surface area contributed by atoms with E-state index in [1.807, 2.05) is 37.9 Å². The fourth-order valence-electron chi connectivity index (χ4n) is 2.72. The van der Waals surface area contributed by atoms with Gasteiger partial charge in [0.2, 0.25) is 10.0 Å². The van der Waals surface area contributed by atoms with E-state index in [-0.39, 0.29) is 6.04 Å². The minimum atomic E-state index is -3.48. The molecule has 1 aliphatic rings. The number of likely N-dealkylation sites (N-methyl/N-ethyl adjacent to an activating group) is 1. The lowest BCUT2D eigenvalue weighted by atomic mass is 10.2. The highest BCUT2D eigenvalue weighted by Crippen LogP contribution is 2.25. The van der Waals surface area contributed by atoms with Crippen molar-refractivity contribution < 1.29 is 8.42 Å². The molecule has 2 rings (SSSR count). The minimum absolute atomic E-state index is 0.120. The summed E-state index contributed by atoms with van der Waals surface area (Å²) in [6, 6.07) is 7.49. The molecule has 1 aliphatic heterocycles. The van der Waals surface area contributed by atoms with Gasteiger partial charge in [-0.2, -0.15) is 0 Å². The van der Waals surface area contributed by atoms with Gasteiger partial charge in [-0.05, 0) is 45.4 Å². The number of hydrogen-bond donors (Lipinski definition) is 2. The molecule has 118 valence electrons. The van der Waals surface area contributed by atoms with Crippen LogP contribution >= 0.6 is 0 Å². The molecule has 5 nitrogen and oxygen atoms in total. The number of anilines is 1. The number of hydrogen-bond acceptors (Lipinski definition) is 4. The third-order valence-electron chi connectivity index (χ3n) is 3.61. The van der Waals surface area contributed by atoms with Crippen molar-refractivity contribution in [2.45, 2.75) is 43.7 Å². The maximum absolute atomic E-state index is 12.5. The molecule has 1 heterocycles. The van der Waals surface area contributed by atoms with Crippen LogP contribution in [0.1, 0.15) is 26.7 Å². The van der Waals surface area contributed by atoms with Crippen LogP contribution < -0.4 is 14.9 Å². The van der Waals surface area contributed by atoms with Crippen LogP contribution in [-0.2, 0) is 10.0 Å². The lowest BCUT2D eigenvalue weighted by Gasteiger charge is -2.25. The molecular formula is C15H25N3O2S.